The van der Waals surface area contributed by atoms with Gasteiger partial charge in [-0.15, -0.1) is 11.6 Å². The first-order valence-electron chi connectivity index (χ1n) is 4.70. The van der Waals surface area contributed by atoms with Gasteiger partial charge in [0, 0.05) is 10.7 Å². The van der Waals surface area contributed by atoms with Crippen molar-refractivity contribution in [1.29, 1.82) is 0 Å². The minimum Gasteiger partial charge on any atom is -0.302 e. The van der Waals surface area contributed by atoms with Crippen LogP contribution in [0.25, 0.3) is 0 Å². The number of nitrogens with zero attached hydrogens (tertiary/aromatic N) is 1. The monoisotopic (exact) mass is 275 g/mol. The van der Waals surface area contributed by atoms with Gasteiger partial charge in [-0.3, -0.25) is 15.0 Å². The molecule has 5 nitrogen and oxygen atoms in total. The minimum absolute atomic E-state index is 0.206. The quantitative estimate of drug-likeness (QED) is 0.371. The number of rotatable bonds is 4. The molecule has 0 aliphatic rings. The van der Waals surface area contributed by atoms with Gasteiger partial charge in [-0.1, -0.05) is 17.7 Å². The molecule has 0 fully saturated rings. The van der Waals surface area contributed by atoms with Crippen LogP contribution in [0.5, 0.6) is 0 Å². The molecule has 0 atom stereocenters. The van der Waals surface area contributed by atoms with Crippen molar-refractivity contribution < 1.29 is 9.59 Å². The van der Waals surface area contributed by atoms with Crippen LogP contribution in [0.1, 0.15) is 0 Å². The molecule has 2 amide bonds. The maximum absolute atomic E-state index is 11.6. The van der Waals surface area contributed by atoms with Crippen molar-refractivity contribution >= 4 is 40.7 Å². The lowest BCUT2D eigenvalue weighted by Crippen LogP contribution is -2.43. The second kappa shape index (κ2) is 6.44. The van der Waals surface area contributed by atoms with Gasteiger partial charge in [0.05, 0.1) is 0 Å². The van der Waals surface area contributed by atoms with Gasteiger partial charge in [0.1, 0.15) is 12.4 Å². The minimum atomic E-state index is -0.497. The van der Waals surface area contributed by atoms with Crippen LogP contribution in [-0.2, 0) is 9.59 Å². The third-order valence-electron chi connectivity index (χ3n) is 2.00. The van der Waals surface area contributed by atoms with Gasteiger partial charge in [0.25, 0.3) is 5.91 Å². The Morgan fingerprint density at radius 2 is 2.12 bits per heavy atom. The Kier molecular flexibility index (Phi) is 5.21. The molecule has 3 N–H and O–H groups in total. The van der Waals surface area contributed by atoms with Crippen LogP contribution in [0.15, 0.2) is 24.3 Å². The largest absolute Gasteiger partial charge is 0.302 e. The average molecular weight is 276 g/mol. The molecule has 7 heteroatoms. The summed E-state index contributed by atoms with van der Waals surface area (Å²) in [5.41, 5.74) is 2.44. The number of carbonyl (C=O) groups is 2. The van der Waals surface area contributed by atoms with Crippen LogP contribution in [0, 0.1) is 0 Å². The van der Waals surface area contributed by atoms with Crippen molar-refractivity contribution in [1.82, 2.24) is 5.43 Å². The molecule has 0 aliphatic heterocycles. The molecular formula is C10H11Cl2N3O2. The molecule has 0 radical (unpaired) electrons. The summed E-state index contributed by atoms with van der Waals surface area (Å²) in [5.74, 6) is 3.84. The average Bonchev–Trinajstić information content (AvgIpc) is 2.34. The predicted octanol–water partition coefficient (Wildman–Crippen LogP) is 0.902. The zero-order valence-corrected chi connectivity index (χ0v) is 10.3. The third-order valence-corrected chi connectivity index (χ3v) is 2.46. The molecule has 92 valence electrons. The molecule has 0 unspecified atom stereocenters. The number of nitrogens with two attached hydrogens (primary N) is 1. The van der Waals surface area contributed by atoms with Crippen molar-refractivity contribution in [3.8, 4) is 0 Å². The fraction of sp³-hybridized carbons (Fsp3) is 0.200. The van der Waals surface area contributed by atoms with Crippen LogP contribution >= 0.6 is 23.2 Å². The van der Waals surface area contributed by atoms with E-state index < -0.39 is 11.8 Å². The fourth-order valence-electron chi connectivity index (χ4n) is 1.23. The Bertz CT molecular complexity index is 426. The smallest absolute Gasteiger partial charge is 0.253 e. The molecule has 1 aromatic rings. The number of anilines is 1. The van der Waals surface area contributed by atoms with Gasteiger partial charge in [-0.05, 0) is 18.2 Å². The second-order valence-corrected chi connectivity index (χ2v) is 3.86. The molecule has 0 spiro atoms. The molecule has 0 saturated heterocycles. The van der Waals surface area contributed by atoms with Crippen molar-refractivity contribution in [2.45, 2.75) is 0 Å². The maximum Gasteiger partial charge on any atom is 0.253 e. The first-order chi connectivity index (χ1) is 8.08. The highest BCUT2D eigenvalue weighted by molar-refractivity contribution is 6.31. The lowest BCUT2D eigenvalue weighted by molar-refractivity contribution is -0.123. The van der Waals surface area contributed by atoms with Crippen molar-refractivity contribution in [2.24, 2.45) is 5.84 Å². The topological polar surface area (TPSA) is 75.4 Å². The van der Waals surface area contributed by atoms with Crippen LogP contribution < -0.4 is 16.2 Å². The number of alkyl halides is 1. The zero-order valence-electron chi connectivity index (χ0n) is 8.82. The van der Waals surface area contributed by atoms with Gasteiger partial charge in [0.15, 0.2) is 0 Å². The fourth-order valence-corrected chi connectivity index (χ4v) is 1.56. The van der Waals surface area contributed by atoms with Crippen LogP contribution in [0.4, 0.5) is 5.69 Å². The number of halogens is 2. The summed E-state index contributed by atoms with van der Waals surface area (Å²) in [6, 6.07) is 6.56. The number of hydrogen-bond donors (Lipinski definition) is 2. The predicted molar refractivity (Wildman–Crippen MR) is 66.9 cm³/mol. The van der Waals surface area contributed by atoms with E-state index in [0.717, 1.165) is 0 Å². The van der Waals surface area contributed by atoms with Crippen LogP contribution in [-0.4, -0.2) is 24.2 Å². The van der Waals surface area contributed by atoms with Crippen LogP contribution in [0.2, 0.25) is 5.02 Å². The normalized spacial score (nSPS) is 9.82. The number of carbonyl (C=O) groups excluding carboxylic acids is 2. The number of benzene rings is 1. The summed E-state index contributed by atoms with van der Waals surface area (Å²) < 4.78 is 0. The van der Waals surface area contributed by atoms with E-state index in [0.29, 0.717) is 10.7 Å². The molecule has 0 heterocycles. The first-order valence-corrected chi connectivity index (χ1v) is 5.61. The first kappa shape index (κ1) is 13.8. The lowest BCUT2D eigenvalue weighted by atomic mass is 10.3. The van der Waals surface area contributed by atoms with Gasteiger partial charge in [0.2, 0.25) is 5.91 Å². The van der Waals surface area contributed by atoms with Crippen molar-refractivity contribution in [3.63, 3.8) is 0 Å². The number of amides is 2. The Labute approximate surface area is 108 Å². The Hall–Kier alpha value is -1.30. The Balaban J connectivity index is 2.97. The van der Waals surface area contributed by atoms with Gasteiger partial charge < -0.3 is 4.90 Å². The molecule has 0 aromatic heterocycles. The van der Waals surface area contributed by atoms with Gasteiger partial charge in [-0.2, -0.15) is 0 Å². The summed E-state index contributed by atoms with van der Waals surface area (Å²) in [4.78, 5) is 24.0. The van der Waals surface area contributed by atoms with E-state index in [9.17, 15) is 9.59 Å². The second-order valence-electron chi connectivity index (χ2n) is 3.16. The highest BCUT2D eigenvalue weighted by atomic mass is 35.5. The molecule has 0 aliphatic carbocycles. The highest BCUT2D eigenvalue weighted by Crippen LogP contribution is 2.19. The summed E-state index contributed by atoms with van der Waals surface area (Å²) in [6.45, 7) is -0.206. The van der Waals surface area contributed by atoms with E-state index in [1.165, 1.54) is 4.90 Å². The maximum atomic E-state index is 11.6. The number of hydrazine groups is 1. The van der Waals surface area contributed by atoms with E-state index in [4.69, 9.17) is 29.0 Å². The lowest BCUT2D eigenvalue weighted by Gasteiger charge is -2.21. The van der Waals surface area contributed by atoms with E-state index >= 15 is 0 Å². The summed E-state index contributed by atoms with van der Waals surface area (Å²) in [5, 5.41) is 0.461. The standard InChI is InChI=1S/C10H11Cl2N3O2/c11-5-10(17)15(6-9(16)14-13)8-3-1-2-7(12)4-8/h1-4H,5-6,13H2,(H,14,16). The Morgan fingerprint density at radius 1 is 1.41 bits per heavy atom. The summed E-state index contributed by atoms with van der Waals surface area (Å²) in [6.07, 6.45) is 0. The molecule has 17 heavy (non-hydrogen) atoms. The van der Waals surface area contributed by atoms with Gasteiger partial charge >= 0.3 is 0 Å². The van der Waals surface area contributed by atoms with Gasteiger partial charge in [-0.25, -0.2) is 5.84 Å². The van der Waals surface area contributed by atoms with Crippen molar-refractivity contribution in [2.75, 3.05) is 17.3 Å². The summed E-state index contributed by atoms with van der Waals surface area (Å²) >= 11 is 11.3. The zero-order chi connectivity index (χ0) is 12.8. The summed E-state index contributed by atoms with van der Waals surface area (Å²) in [7, 11) is 0. The molecule has 0 saturated carbocycles. The number of nitrogens with one attached hydrogen (secondary N) is 1. The molecular weight excluding hydrogens is 265 g/mol. The molecule has 0 bridgehead atoms. The third kappa shape index (κ3) is 3.89. The Morgan fingerprint density at radius 3 is 2.65 bits per heavy atom. The van der Waals surface area contributed by atoms with E-state index in [1.54, 1.807) is 24.3 Å². The van der Waals surface area contributed by atoms with E-state index in [1.807, 2.05) is 5.43 Å². The van der Waals surface area contributed by atoms with Crippen molar-refractivity contribution in [3.05, 3.63) is 29.3 Å². The molecule has 1 aromatic carbocycles. The van der Waals surface area contributed by atoms with E-state index in [2.05, 4.69) is 0 Å². The number of hydrogen-bond acceptors (Lipinski definition) is 3. The highest BCUT2D eigenvalue weighted by Gasteiger charge is 2.17. The van der Waals surface area contributed by atoms with Crippen LogP contribution in [0.3, 0.4) is 0 Å². The van der Waals surface area contributed by atoms with E-state index in [-0.39, 0.29) is 12.4 Å². The SMILES string of the molecule is NNC(=O)CN(C(=O)CCl)c1cccc(Cl)c1. The molecule has 1 rings (SSSR count).